The van der Waals surface area contributed by atoms with Gasteiger partial charge in [0.2, 0.25) is 0 Å². The summed E-state index contributed by atoms with van der Waals surface area (Å²) in [7, 11) is 0. The Balaban J connectivity index is 2.05. The number of halogens is 2. The van der Waals surface area contributed by atoms with E-state index in [1.165, 1.54) is 17.3 Å². The van der Waals surface area contributed by atoms with E-state index in [9.17, 15) is 10.1 Å². The van der Waals surface area contributed by atoms with Crippen molar-refractivity contribution in [1.29, 1.82) is 0 Å². The smallest absolute Gasteiger partial charge is 0.311 e. The molecule has 2 rings (SSSR count). The van der Waals surface area contributed by atoms with Gasteiger partial charge in [0, 0.05) is 17.6 Å². The van der Waals surface area contributed by atoms with Crippen LogP contribution in [0, 0.1) is 10.1 Å². The first-order valence-electron chi connectivity index (χ1n) is 5.34. The van der Waals surface area contributed by atoms with Crippen LogP contribution < -0.4 is 5.32 Å². The standard InChI is InChI=1S/C11H9Br2N3O2S/c12-8-5-14-6-9(16(17)18)11(8)15-4-3-7-1-2-10(13)19-7/h1-2,5-6H,3-4H2,(H,14,15). The monoisotopic (exact) mass is 405 g/mol. The van der Waals surface area contributed by atoms with Crippen LogP contribution in [0.3, 0.4) is 0 Å². The second-order valence-electron chi connectivity index (χ2n) is 3.66. The number of rotatable bonds is 5. The van der Waals surface area contributed by atoms with Crippen LogP contribution in [0.4, 0.5) is 11.4 Å². The Kier molecular flexibility index (Phi) is 4.89. The minimum absolute atomic E-state index is 0.0262. The number of hydrogen-bond donors (Lipinski definition) is 1. The Morgan fingerprint density at radius 3 is 2.79 bits per heavy atom. The molecular formula is C11H9Br2N3O2S. The van der Waals surface area contributed by atoms with Gasteiger partial charge in [-0.25, -0.2) is 0 Å². The Morgan fingerprint density at radius 2 is 2.16 bits per heavy atom. The average molecular weight is 407 g/mol. The number of pyridine rings is 1. The number of nitro groups is 1. The fourth-order valence-electron chi connectivity index (χ4n) is 1.53. The highest BCUT2D eigenvalue weighted by Gasteiger charge is 2.16. The second kappa shape index (κ2) is 6.44. The summed E-state index contributed by atoms with van der Waals surface area (Å²) in [5.41, 5.74) is 0.442. The van der Waals surface area contributed by atoms with Crippen LogP contribution in [-0.4, -0.2) is 16.5 Å². The fourth-order valence-corrected chi connectivity index (χ4v) is 3.48. The third kappa shape index (κ3) is 3.74. The van der Waals surface area contributed by atoms with Gasteiger partial charge in [0.15, 0.2) is 0 Å². The van der Waals surface area contributed by atoms with Gasteiger partial charge in [-0.3, -0.25) is 15.1 Å². The van der Waals surface area contributed by atoms with Gasteiger partial charge in [0.05, 0.1) is 13.2 Å². The molecule has 2 heterocycles. The van der Waals surface area contributed by atoms with E-state index in [0.29, 0.717) is 16.7 Å². The molecule has 2 aromatic rings. The van der Waals surface area contributed by atoms with Crippen molar-refractivity contribution in [3.63, 3.8) is 0 Å². The predicted molar refractivity (Wildman–Crippen MR) is 82.8 cm³/mol. The molecule has 0 saturated heterocycles. The van der Waals surface area contributed by atoms with Gasteiger partial charge in [-0.15, -0.1) is 11.3 Å². The van der Waals surface area contributed by atoms with Crippen LogP contribution in [0.2, 0.25) is 0 Å². The molecular weight excluding hydrogens is 398 g/mol. The lowest BCUT2D eigenvalue weighted by Crippen LogP contribution is -2.07. The van der Waals surface area contributed by atoms with Crippen LogP contribution in [0.25, 0.3) is 0 Å². The van der Waals surface area contributed by atoms with Gasteiger partial charge in [0.25, 0.3) is 0 Å². The van der Waals surface area contributed by atoms with Gasteiger partial charge < -0.3 is 5.32 Å². The third-order valence-electron chi connectivity index (χ3n) is 2.38. The second-order valence-corrected chi connectivity index (χ2v) is 7.06. The van der Waals surface area contributed by atoms with Crippen molar-refractivity contribution in [3.8, 4) is 0 Å². The number of hydrogen-bond acceptors (Lipinski definition) is 5. The summed E-state index contributed by atoms with van der Waals surface area (Å²) in [5, 5.41) is 14.0. The van der Waals surface area contributed by atoms with E-state index in [1.807, 2.05) is 12.1 Å². The predicted octanol–water partition coefficient (Wildman–Crippen LogP) is 4.23. The SMILES string of the molecule is O=[N+]([O-])c1cncc(Br)c1NCCc1ccc(Br)s1. The summed E-state index contributed by atoms with van der Waals surface area (Å²) in [4.78, 5) is 15.5. The van der Waals surface area contributed by atoms with Gasteiger partial charge >= 0.3 is 5.69 Å². The first-order chi connectivity index (χ1) is 9.08. The third-order valence-corrected chi connectivity index (χ3v) is 4.66. The van der Waals surface area contributed by atoms with E-state index >= 15 is 0 Å². The molecule has 0 amide bonds. The minimum Gasteiger partial charge on any atom is -0.378 e. The van der Waals surface area contributed by atoms with E-state index in [-0.39, 0.29) is 5.69 Å². The normalized spacial score (nSPS) is 10.4. The number of nitrogens with zero attached hydrogens (tertiary/aromatic N) is 2. The number of thiophene rings is 1. The van der Waals surface area contributed by atoms with E-state index in [0.717, 1.165) is 10.2 Å². The van der Waals surface area contributed by atoms with E-state index in [4.69, 9.17) is 0 Å². The topological polar surface area (TPSA) is 68.1 Å². The lowest BCUT2D eigenvalue weighted by atomic mass is 10.3. The number of anilines is 1. The highest BCUT2D eigenvalue weighted by molar-refractivity contribution is 9.11. The molecule has 0 atom stereocenters. The molecule has 0 spiro atoms. The highest BCUT2D eigenvalue weighted by atomic mass is 79.9. The van der Waals surface area contributed by atoms with Gasteiger partial charge in [-0.1, -0.05) is 0 Å². The molecule has 0 fully saturated rings. The molecule has 0 unspecified atom stereocenters. The average Bonchev–Trinajstić information content (AvgIpc) is 2.77. The zero-order valence-corrected chi connectivity index (χ0v) is 13.6. The molecule has 2 aromatic heterocycles. The summed E-state index contributed by atoms with van der Waals surface area (Å²) >= 11 is 8.33. The summed E-state index contributed by atoms with van der Waals surface area (Å²) in [6.45, 7) is 0.621. The van der Waals surface area contributed by atoms with E-state index in [2.05, 4.69) is 42.2 Å². The van der Waals surface area contributed by atoms with Crippen molar-refractivity contribution < 1.29 is 4.92 Å². The molecule has 0 radical (unpaired) electrons. The first-order valence-corrected chi connectivity index (χ1v) is 7.74. The highest BCUT2D eigenvalue weighted by Crippen LogP contribution is 2.31. The van der Waals surface area contributed by atoms with Crippen molar-refractivity contribution in [2.45, 2.75) is 6.42 Å². The van der Waals surface area contributed by atoms with Crippen molar-refractivity contribution in [2.75, 3.05) is 11.9 Å². The largest absolute Gasteiger partial charge is 0.378 e. The van der Waals surface area contributed by atoms with Crippen LogP contribution in [-0.2, 0) is 6.42 Å². The Morgan fingerprint density at radius 1 is 1.37 bits per heavy atom. The molecule has 19 heavy (non-hydrogen) atoms. The lowest BCUT2D eigenvalue weighted by molar-refractivity contribution is -0.384. The zero-order valence-electron chi connectivity index (χ0n) is 9.60. The Hall–Kier alpha value is -0.990. The summed E-state index contributed by atoms with van der Waals surface area (Å²) < 4.78 is 1.67. The molecule has 100 valence electrons. The molecule has 0 aliphatic heterocycles. The van der Waals surface area contributed by atoms with Crippen molar-refractivity contribution >= 4 is 54.6 Å². The van der Waals surface area contributed by atoms with Crippen molar-refractivity contribution in [2.24, 2.45) is 0 Å². The van der Waals surface area contributed by atoms with Crippen LogP contribution in [0.1, 0.15) is 4.88 Å². The summed E-state index contributed by atoms with van der Waals surface area (Å²) in [6, 6.07) is 4.03. The van der Waals surface area contributed by atoms with E-state index < -0.39 is 4.92 Å². The van der Waals surface area contributed by atoms with Crippen LogP contribution >= 0.6 is 43.2 Å². The first kappa shape index (κ1) is 14.4. The van der Waals surface area contributed by atoms with Crippen LogP contribution in [0.5, 0.6) is 0 Å². The molecule has 0 aromatic carbocycles. The summed E-state index contributed by atoms with van der Waals surface area (Å²) in [6.07, 6.45) is 3.59. The van der Waals surface area contributed by atoms with Crippen molar-refractivity contribution in [3.05, 3.63) is 47.8 Å². The molecule has 0 aliphatic rings. The fraction of sp³-hybridized carbons (Fsp3) is 0.182. The number of nitrogens with one attached hydrogen (secondary N) is 1. The van der Waals surface area contributed by atoms with Gasteiger partial charge in [-0.05, 0) is 50.4 Å². The quantitative estimate of drug-likeness (QED) is 0.595. The summed E-state index contributed by atoms with van der Waals surface area (Å²) in [5.74, 6) is 0. The Bertz CT molecular complexity index is 603. The molecule has 5 nitrogen and oxygen atoms in total. The van der Waals surface area contributed by atoms with Crippen molar-refractivity contribution in [1.82, 2.24) is 4.98 Å². The molecule has 0 aliphatic carbocycles. The number of aromatic nitrogens is 1. The van der Waals surface area contributed by atoms with Gasteiger partial charge in [-0.2, -0.15) is 0 Å². The molecule has 0 saturated carbocycles. The zero-order chi connectivity index (χ0) is 13.8. The maximum absolute atomic E-state index is 10.9. The van der Waals surface area contributed by atoms with E-state index in [1.54, 1.807) is 11.3 Å². The Labute approximate surface area is 130 Å². The molecule has 8 heteroatoms. The lowest BCUT2D eigenvalue weighted by Gasteiger charge is -2.07. The maximum atomic E-state index is 10.9. The molecule has 0 bridgehead atoms. The van der Waals surface area contributed by atoms with Gasteiger partial charge in [0.1, 0.15) is 11.9 Å². The van der Waals surface area contributed by atoms with Crippen LogP contribution in [0.15, 0.2) is 32.8 Å². The molecule has 1 N–H and O–H groups in total. The maximum Gasteiger partial charge on any atom is 0.311 e. The minimum atomic E-state index is -0.443.